The lowest BCUT2D eigenvalue weighted by Crippen LogP contribution is -2.60. The van der Waals surface area contributed by atoms with Gasteiger partial charge in [-0.15, -0.1) is 0 Å². The number of nitrogens with one attached hydrogen (secondary N) is 1. The van der Waals surface area contributed by atoms with Crippen molar-refractivity contribution in [2.24, 2.45) is 0 Å². The highest BCUT2D eigenvalue weighted by Gasteiger charge is 2.35. The number of H-pyrrole nitrogens is 1. The van der Waals surface area contributed by atoms with Gasteiger partial charge in [-0.25, -0.2) is 0 Å². The molecule has 3 rings (SSSR count). The molecule has 1 aromatic carbocycles. The molecule has 0 aliphatic carbocycles. The molecule has 0 atom stereocenters. The summed E-state index contributed by atoms with van der Waals surface area (Å²) in [6.07, 6.45) is 1.97. The van der Waals surface area contributed by atoms with E-state index in [1.54, 1.807) is 6.92 Å². The highest BCUT2D eigenvalue weighted by molar-refractivity contribution is 9.10. The van der Waals surface area contributed by atoms with Crippen LogP contribution < -0.4 is 4.90 Å². The van der Waals surface area contributed by atoms with Crippen molar-refractivity contribution in [1.82, 2.24) is 9.88 Å². The van der Waals surface area contributed by atoms with Crippen LogP contribution in [0.3, 0.4) is 0 Å². The maximum absolute atomic E-state index is 11.8. The Bertz CT molecular complexity index is 692. The number of fused-ring (bicyclic) bond motifs is 1. The summed E-state index contributed by atoms with van der Waals surface area (Å²) in [6, 6.07) is 6.37. The second-order valence-electron chi connectivity index (χ2n) is 6.27. The normalized spacial score (nSPS) is 18.3. The Kier molecular flexibility index (Phi) is 3.48. The van der Waals surface area contributed by atoms with Crippen molar-refractivity contribution in [1.29, 1.82) is 0 Å². The summed E-state index contributed by atoms with van der Waals surface area (Å²) in [5, 5.41) is 1.23. The van der Waals surface area contributed by atoms with Crippen LogP contribution in [0.25, 0.3) is 10.9 Å². The predicted octanol–water partition coefficient (Wildman–Crippen LogP) is 3.38. The third-order valence-electron chi connectivity index (χ3n) is 4.23. The molecule has 1 saturated heterocycles. The van der Waals surface area contributed by atoms with Crippen LogP contribution >= 0.6 is 15.9 Å². The van der Waals surface area contributed by atoms with Gasteiger partial charge in [0.05, 0.1) is 5.54 Å². The first kappa shape index (κ1) is 14.4. The minimum atomic E-state index is -0.158. The van der Waals surface area contributed by atoms with E-state index in [0.29, 0.717) is 0 Å². The van der Waals surface area contributed by atoms with Crippen LogP contribution in [0.4, 0.5) is 5.69 Å². The zero-order valence-corrected chi connectivity index (χ0v) is 14.2. The van der Waals surface area contributed by atoms with Crippen molar-refractivity contribution in [3.63, 3.8) is 0 Å². The molecule has 1 fully saturated rings. The summed E-state index contributed by atoms with van der Waals surface area (Å²) < 4.78 is 1.07. The largest absolute Gasteiger partial charge is 0.367 e. The van der Waals surface area contributed by atoms with Crippen molar-refractivity contribution in [2.45, 2.75) is 26.3 Å². The summed E-state index contributed by atoms with van der Waals surface area (Å²) >= 11 is 3.59. The topological polar surface area (TPSA) is 39.3 Å². The molecule has 0 bridgehead atoms. The minimum absolute atomic E-state index is 0.153. The molecule has 0 saturated carbocycles. The van der Waals surface area contributed by atoms with Crippen LogP contribution in [0.15, 0.2) is 28.9 Å². The third kappa shape index (κ3) is 2.55. The number of halogens is 1. The fourth-order valence-electron chi connectivity index (χ4n) is 3.32. The molecule has 1 aromatic heterocycles. The van der Waals surface area contributed by atoms with Crippen LogP contribution in [0, 0.1) is 0 Å². The molecule has 0 radical (unpaired) electrons. The maximum atomic E-state index is 11.8. The SMILES string of the molecule is CC(=O)N1CCN(c2cc(Br)cc3[nH]ccc23)CC1(C)C. The van der Waals surface area contributed by atoms with Crippen LogP contribution in [0.2, 0.25) is 0 Å². The second kappa shape index (κ2) is 5.05. The number of carbonyl (C=O) groups is 1. The number of anilines is 1. The van der Waals surface area contributed by atoms with Gasteiger partial charge in [-0.1, -0.05) is 15.9 Å². The van der Waals surface area contributed by atoms with Crippen molar-refractivity contribution in [3.05, 3.63) is 28.9 Å². The monoisotopic (exact) mass is 349 g/mol. The lowest BCUT2D eigenvalue weighted by atomic mass is 9.97. The van der Waals surface area contributed by atoms with E-state index < -0.39 is 0 Å². The molecular formula is C16H20BrN3O. The third-order valence-corrected chi connectivity index (χ3v) is 4.69. The Labute approximate surface area is 133 Å². The van der Waals surface area contributed by atoms with Crippen molar-refractivity contribution in [2.75, 3.05) is 24.5 Å². The number of hydrogen-bond donors (Lipinski definition) is 1. The van der Waals surface area contributed by atoms with Crippen molar-refractivity contribution < 1.29 is 4.79 Å². The van der Waals surface area contributed by atoms with E-state index in [0.717, 1.165) is 29.6 Å². The van der Waals surface area contributed by atoms with Crippen LogP contribution in [-0.4, -0.2) is 41.0 Å². The number of aromatic nitrogens is 1. The molecular weight excluding hydrogens is 330 g/mol. The molecule has 1 aliphatic heterocycles. The summed E-state index contributed by atoms with van der Waals surface area (Å²) in [6.45, 7) is 8.38. The van der Waals surface area contributed by atoms with E-state index in [4.69, 9.17) is 0 Å². The minimum Gasteiger partial charge on any atom is -0.367 e. The Balaban J connectivity index is 1.97. The molecule has 4 nitrogen and oxygen atoms in total. The average molecular weight is 350 g/mol. The zero-order chi connectivity index (χ0) is 15.2. The number of benzene rings is 1. The number of nitrogens with zero attached hydrogens (tertiary/aromatic N) is 2. The van der Waals surface area contributed by atoms with Gasteiger partial charge in [0.25, 0.3) is 0 Å². The molecule has 1 aliphatic rings. The van der Waals surface area contributed by atoms with Crippen LogP contribution in [0.5, 0.6) is 0 Å². The smallest absolute Gasteiger partial charge is 0.220 e. The van der Waals surface area contributed by atoms with Gasteiger partial charge >= 0.3 is 0 Å². The van der Waals surface area contributed by atoms with Crippen molar-refractivity contribution in [3.8, 4) is 0 Å². The Hall–Kier alpha value is -1.49. The first-order valence-corrected chi connectivity index (χ1v) is 7.97. The molecule has 1 amide bonds. The van der Waals surface area contributed by atoms with Crippen molar-refractivity contribution >= 4 is 38.4 Å². The van der Waals surface area contributed by atoms with E-state index >= 15 is 0 Å². The molecule has 2 aromatic rings. The number of amides is 1. The summed E-state index contributed by atoms with van der Waals surface area (Å²) in [5.74, 6) is 0.153. The van der Waals surface area contributed by atoms with E-state index in [1.807, 2.05) is 11.1 Å². The lowest BCUT2D eigenvalue weighted by molar-refractivity contribution is -0.134. The quantitative estimate of drug-likeness (QED) is 0.857. The van der Waals surface area contributed by atoms with E-state index in [-0.39, 0.29) is 11.4 Å². The Morgan fingerprint density at radius 2 is 2.10 bits per heavy atom. The maximum Gasteiger partial charge on any atom is 0.220 e. The highest BCUT2D eigenvalue weighted by atomic mass is 79.9. The molecule has 1 N–H and O–H groups in total. The van der Waals surface area contributed by atoms with Gasteiger partial charge in [-0.2, -0.15) is 0 Å². The van der Waals surface area contributed by atoms with Gasteiger partial charge in [0.15, 0.2) is 0 Å². The highest BCUT2D eigenvalue weighted by Crippen LogP contribution is 2.33. The molecule has 0 spiro atoms. The molecule has 5 heteroatoms. The Morgan fingerprint density at radius 1 is 1.33 bits per heavy atom. The number of rotatable bonds is 1. The fraction of sp³-hybridized carbons (Fsp3) is 0.438. The fourth-order valence-corrected chi connectivity index (χ4v) is 3.76. The van der Waals surface area contributed by atoms with E-state index in [1.165, 1.54) is 11.1 Å². The summed E-state index contributed by atoms with van der Waals surface area (Å²) in [5.41, 5.74) is 2.19. The van der Waals surface area contributed by atoms with Crippen LogP contribution in [0.1, 0.15) is 20.8 Å². The Morgan fingerprint density at radius 3 is 2.76 bits per heavy atom. The van der Waals surface area contributed by atoms with Crippen LogP contribution in [-0.2, 0) is 4.79 Å². The van der Waals surface area contributed by atoms with Gasteiger partial charge in [-0.3, -0.25) is 4.79 Å². The lowest BCUT2D eigenvalue weighted by Gasteiger charge is -2.47. The van der Waals surface area contributed by atoms with E-state index in [2.05, 4.69) is 57.9 Å². The second-order valence-corrected chi connectivity index (χ2v) is 7.18. The molecule has 0 unspecified atom stereocenters. The van der Waals surface area contributed by atoms with Gasteiger partial charge in [0, 0.05) is 53.8 Å². The predicted molar refractivity (Wildman–Crippen MR) is 89.7 cm³/mol. The number of hydrogen-bond acceptors (Lipinski definition) is 2. The number of carbonyl (C=O) groups excluding carboxylic acids is 1. The first-order valence-electron chi connectivity index (χ1n) is 7.18. The summed E-state index contributed by atoms with van der Waals surface area (Å²) in [7, 11) is 0. The first-order chi connectivity index (χ1) is 9.88. The average Bonchev–Trinajstić information content (AvgIpc) is 2.83. The molecule has 21 heavy (non-hydrogen) atoms. The molecule has 112 valence electrons. The number of aromatic amines is 1. The number of piperazine rings is 1. The molecule has 2 heterocycles. The van der Waals surface area contributed by atoms with Gasteiger partial charge in [-0.05, 0) is 32.0 Å². The zero-order valence-electron chi connectivity index (χ0n) is 12.6. The van der Waals surface area contributed by atoms with Gasteiger partial charge in [0.1, 0.15) is 0 Å². The van der Waals surface area contributed by atoms with E-state index in [9.17, 15) is 4.79 Å². The van der Waals surface area contributed by atoms with Gasteiger partial charge in [0.2, 0.25) is 5.91 Å². The standard InChI is InChI=1S/C16H20BrN3O/c1-11(21)20-7-6-19(10-16(20,2)3)15-9-12(17)8-14-13(15)4-5-18-14/h4-5,8-9,18H,6-7,10H2,1-3H3. The summed E-state index contributed by atoms with van der Waals surface area (Å²) in [4.78, 5) is 19.4. The van der Waals surface area contributed by atoms with Gasteiger partial charge < -0.3 is 14.8 Å².